The first-order valence-electron chi connectivity index (χ1n) is 8.57. The van der Waals surface area contributed by atoms with Gasteiger partial charge in [0.05, 0.1) is 17.9 Å². The van der Waals surface area contributed by atoms with E-state index < -0.39 is 0 Å². The molecule has 0 aromatic carbocycles. The summed E-state index contributed by atoms with van der Waals surface area (Å²) >= 11 is 0. The molecule has 0 radical (unpaired) electrons. The number of likely N-dealkylation sites (tertiary alicyclic amines) is 1. The molecule has 1 atom stereocenters. The zero-order chi connectivity index (χ0) is 16.8. The minimum Gasteiger partial charge on any atom is -0.336 e. The third-order valence-electron chi connectivity index (χ3n) is 4.92. The van der Waals surface area contributed by atoms with Crippen molar-refractivity contribution in [2.75, 3.05) is 6.54 Å². The Balaban J connectivity index is 1.66. The van der Waals surface area contributed by atoms with E-state index in [2.05, 4.69) is 47.7 Å². The Morgan fingerprint density at radius 2 is 2.00 bits per heavy atom. The summed E-state index contributed by atoms with van der Waals surface area (Å²) in [6.07, 6.45) is 6.44. The van der Waals surface area contributed by atoms with E-state index in [4.69, 9.17) is 9.97 Å². The number of hydrogen-bond donors (Lipinski definition) is 0. The first-order valence-corrected chi connectivity index (χ1v) is 8.57. The molecule has 0 spiro atoms. The summed E-state index contributed by atoms with van der Waals surface area (Å²) in [6, 6.07) is 2.45. The van der Waals surface area contributed by atoms with Gasteiger partial charge in [0.25, 0.3) is 0 Å². The molecule has 0 aliphatic carbocycles. The van der Waals surface area contributed by atoms with Gasteiger partial charge in [-0.05, 0) is 46.2 Å². The van der Waals surface area contributed by atoms with Crippen LogP contribution in [-0.2, 0) is 13.6 Å². The summed E-state index contributed by atoms with van der Waals surface area (Å²) < 4.78 is 4.11. The molecular formula is C18H24N6. The lowest BCUT2D eigenvalue weighted by Gasteiger charge is -2.23. The third kappa shape index (κ3) is 2.51. The molecule has 0 amide bonds. The fourth-order valence-corrected chi connectivity index (χ4v) is 3.90. The van der Waals surface area contributed by atoms with Crippen LogP contribution >= 0.6 is 0 Å². The topological polar surface area (TPSA) is 51.2 Å². The zero-order valence-corrected chi connectivity index (χ0v) is 14.8. The van der Waals surface area contributed by atoms with Crippen LogP contribution in [0.5, 0.6) is 0 Å². The molecule has 24 heavy (non-hydrogen) atoms. The van der Waals surface area contributed by atoms with Gasteiger partial charge in [-0.2, -0.15) is 5.10 Å². The molecule has 0 bridgehead atoms. The molecule has 3 aromatic heterocycles. The second-order valence-corrected chi connectivity index (χ2v) is 6.92. The highest BCUT2D eigenvalue weighted by Crippen LogP contribution is 2.32. The van der Waals surface area contributed by atoms with Gasteiger partial charge in [-0.15, -0.1) is 0 Å². The van der Waals surface area contributed by atoms with Crippen LogP contribution in [-0.4, -0.2) is 35.6 Å². The van der Waals surface area contributed by atoms with E-state index in [1.165, 1.54) is 17.8 Å². The zero-order valence-electron chi connectivity index (χ0n) is 14.8. The second-order valence-electron chi connectivity index (χ2n) is 6.92. The van der Waals surface area contributed by atoms with Gasteiger partial charge in [-0.25, -0.2) is 14.5 Å². The van der Waals surface area contributed by atoms with Crippen molar-refractivity contribution >= 4 is 5.65 Å². The number of hydrogen-bond acceptors (Lipinski definition) is 4. The van der Waals surface area contributed by atoms with Crippen LogP contribution in [0.15, 0.2) is 18.5 Å². The lowest BCUT2D eigenvalue weighted by Crippen LogP contribution is -2.25. The smallest absolute Gasteiger partial charge is 0.159 e. The van der Waals surface area contributed by atoms with Crippen molar-refractivity contribution in [3.8, 4) is 0 Å². The van der Waals surface area contributed by atoms with Gasteiger partial charge in [0.1, 0.15) is 5.82 Å². The summed E-state index contributed by atoms with van der Waals surface area (Å²) in [4.78, 5) is 12.0. The first-order chi connectivity index (χ1) is 11.5. The van der Waals surface area contributed by atoms with Crippen LogP contribution in [0.25, 0.3) is 5.65 Å². The molecule has 0 N–H and O–H groups in total. The van der Waals surface area contributed by atoms with Crippen molar-refractivity contribution in [2.45, 2.75) is 46.2 Å². The van der Waals surface area contributed by atoms with Gasteiger partial charge >= 0.3 is 0 Å². The second kappa shape index (κ2) is 5.70. The highest BCUT2D eigenvalue weighted by Gasteiger charge is 2.30. The molecule has 0 saturated carbocycles. The largest absolute Gasteiger partial charge is 0.336 e. The van der Waals surface area contributed by atoms with Crippen molar-refractivity contribution in [1.82, 2.24) is 29.0 Å². The van der Waals surface area contributed by atoms with Gasteiger partial charge in [-0.1, -0.05) is 0 Å². The highest BCUT2D eigenvalue weighted by atomic mass is 15.3. The van der Waals surface area contributed by atoms with Crippen molar-refractivity contribution in [3.63, 3.8) is 0 Å². The van der Waals surface area contributed by atoms with Crippen molar-refractivity contribution < 1.29 is 0 Å². The van der Waals surface area contributed by atoms with Gasteiger partial charge < -0.3 is 4.57 Å². The molecule has 4 heterocycles. The van der Waals surface area contributed by atoms with E-state index >= 15 is 0 Å². The predicted octanol–water partition coefficient (Wildman–Crippen LogP) is 2.73. The Bertz CT molecular complexity index is 890. The maximum atomic E-state index is 4.75. The Morgan fingerprint density at radius 3 is 2.75 bits per heavy atom. The van der Waals surface area contributed by atoms with Crippen LogP contribution in [0.1, 0.15) is 47.4 Å². The third-order valence-corrected chi connectivity index (χ3v) is 4.92. The Morgan fingerprint density at radius 1 is 1.17 bits per heavy atom. The summed E-state index contributed by atoms with van der Waals surface area (Å²) in [5.74, 6) is 1.17. The molecule has 4 rings (SSSR count). The van der Waals surface area contributed by atoms with E-state index in [-0.39, 0.29) is 0 Å². The van der Waals surface area contributed by atoms with Crippen molar-refractivity contribution in [3.05, 3.63) is 46.9 Å². The van der Waals surface area contributed by atoms with Crippen molar-refractivity contribution in [2.24, 2.45) is 7.05 Å². The minimum atomic E-state index is 0.379. The maximum Gasteiger partial charge on any atom is 0.159 e. The summed E-state index contributed by atoms with van der Waals surface area (Å²) in [5.41, 5.74) is 5.43. The van der Waals surface area contributed by atoms with Crippen LogP contribution in [0, 0.1) is 20.8 Å². The van der Waals surface area contributed by atoms with Gasteiger partial charge in [0.2, 0.25) is 0 Å². The average molecular weight is 324 g/mol. The lowest BCUT2D eigenvalue weighted by molar-refractivity contribution is 0.237. The molecule has 1 aliphatic rings. The van der Waals surface area contributed by atoms with Crippen molar-refractivity contribution in [1.29, 1.82) is 0 Å². The monoisotopic (exact) mass is 324 g/mol. The number of nitrogens with zero attached hydrogens (tertiary/aromatic N) is 6. The summed E-state index contributed by atoms with van der Waals surface area (Å²) in [7, 11) is 2.09. The molecule has 1 aliphatic heterocycles. The normalized spacial score (nSPS) is 18.8. The standard InChI is InChI=1S/C18H24N6/c1-12-8-14(3)24-17(20-12)15(9-19-24)11-23-7-5-6-16(23)18-21-13(2)10-22(18)4/h8-10,16H,5-7,11H2,1-4H3/t16-/m0/s1. The van der Waals surface area contributed by atoms with E-state index in [0.29, 0.717) is 6.04 Å². The number of aryl methyl sites for hydroxylation is 4. The molecule has 6 heteroatoms. The van der Waals surface area contributed by atoms with Crippen LogP contribution in [0.2, 0.25) is 0 Å². The number of rotatable bonds is 3. The molecule has 1 saturated heterocycles. The van der Waals surface area contributed by atoms with Crippen LogP contribution in [0.3, 0.4) is 0 Å². The van der Waals surface area contributed by atoms with Gasteiger partial charge in [0, 0.05) is 36.7 Å². The molecule has 3 aromatic rings. The quantitative estimate of drug-likeness (QED) is 0.743. The van der Waals surface area contributed by atoms with Crippen LogP contribution < -0.4 is 0 Å². The molecule has 0 unspecified atom stereocenters. The Kier molecular flexibility index (Phi) is 3.64. The van der Waals surface area contributed by atoms with E-state index in [1.54, 1.807) is 0 Å². The maximum absolute atomic E-state index is 4.75. The average Bonchev–Trinajstić information content (AvgIpc) is 3.20. The van der Waals surface area contributed by atoms with Crippen LogP contribution in [0.4, 0.5) is 0 Å². The number of imidazole rings is 1. The number of fused-ring (bicyclic) bond motifs is 1. The van der Waals surface area contributed by atoms with E-state index in [0.717, 1.165) is 42.2 Å². The fraction of sp³-hybridized carbons (Fsp3) is 0.500. The minimum absolute atomic E-state index is 0.379. The molecule has 126 valence electrons. The predicted molar refractivity (Wildman–Crippen MR) is 92.8 cm³/mol. The molecule has 1 fully saturated rings. The Labute approximate surface area is 142 Å². The first kappa shape index (κ1) is 15.3. The summed E-state index contributed by atoms with van der Waals surface area (Å²) in [5, 5.41) is 4.53. The molecular weight excluding hydrogens is 300 g/mol. The number of aromatic nitrogens is 5. The summed E-state index contributed by atoms with van der Waals surface area (Å²) in [6.45, 7) is 8.14. The van der Waals surface area contributed by atoms with E-state index in [9.17, 15) is 0 Å². The Hall–Kier alpha value is -2.21. The van der Waals surface area contributed by atoms with Gasteiger partial charge in [0.15, 0.2) is 5.65 Å². The SMILES string of the molecule is Cc1cn(C)c([C@@H]2CCCN2Cc2cnn3c(C)cc(C)nc23)n1. The lowest BCUT2D eigenvalue weighted by atomic mass is 10.2. The fourth-order valence-electron chi connectivity index (χ4n) is 3.90. The molecule has 6 nitrogen and oxygen atoms in total. The van der Waals surface area contributed by atoms with Gasteiger partial charge in [-0.3, -0.25) is 4.90 Å². The highest BCUT2D eigenvalue weighted by molar-refractivity contribution is 5.48. The van der Waals surface area contributed by atoms with E-state index in [1.807, 2.05) is 17.6 Å².